The lowest BCUT2D eigenvalue weighted by molar-refractivity contribution is 0.894. The van der Waals surface area contributed by atoms with Crippen LogP contribution in [0.4, 0.5) is 5.82 Å². The van der Waals surface area contributed by atoms with Gasteiger partial charge in [-0.3, -0.25) is 0 Å². The van der Waals surface area contributed by atoms with Gasteiger partial charge in [0.2, 0.25) is 0 Å². The quantitative estimate of drug-likeness (QED) is 0.786. The highest BCUT2D eigenvalue weighted by Gasteiger charge is 2.17. The third-order valence-corrected chi connectivity index (χ3v) is 3.78. The number of nitrogen functional groups attached to an aromatic ring is 1. The number of nitrogens with two attached hydrogens (primary N) is 1. The van der Waals surface area contributed by atoms with Crippen molar-refractivity contribution in [3.05, 3.63) is 65.7 Å². The fourth-order valence-corrected chi connectivity index (χ4v) is 2.63. The zero-order chi connectivity index (χ0) is 14.8. The molecule has 0 bridgehead atoms. The van der Waals surface area contributed by atoms with Gasteiger partial charge >= 0.3 is 0 Å². The van der Waals surface area contributed by atoms with Crippen molar-refractivity contribution in [3.63, 3.8) is 0 Å². The third-order valence-electron chi connectivity index (χ3n) is 3.78. The van der Waals surface area contributed by atoms with Gasteiger partial charge in [0.25, 0.3) is 0 Å². The number of para-hydroxylation sites is 1. The normalized spacial score (nSPS) is 10.8. The van der Waals surface area contributed by atoms with E-state index in [0.717, 1.165) is 34.7 Å². The first kappa shape index (κ1) is 13.4. The maximum absolute atomic E-state index is 6.33. The highest BCUT2D eigenvalue weighted by Crippen LogP contribution is 2.31. The lowest BCUT2D eigenvalue weighted by atomic mass is 10.0. The summed E-state index contributed by atoms with van der Waals surface area (Å²) < 4.78 is 1.83. The highest BCUT2D eigenvalue weighted by atomic mass is 15.3. The summed E-state index contributed by atoms with van der Waals surface area (Å²) in [5.41, 5.74) is 11.8. The predicted octanol–water partition coefficient (Wildman–Crippen LogP) is 3.99. The summed E-state index contributed by atoms with van der Waals surface area (Å²) in [6.45, 7) is 4.22. The zero-order valence-corrected chi connectivity index (χ0v) is 12.4. The molecule has 2 aromatic carbocycles. The SMILES string of the molecule is CCc1c(-c2ccccc2C)nn(-c2ccccc2)c1N. The molecule has 2 N–H and O–H groups in total. The minimum atomic E-state index is 0.724. The second-order valence-corrected chi connectivity index (χ2v) is 5.13. The summed E-state index contributed by atoms with van der Waals surface area (Å²) in [6.07, 6.45) is 0.863. The van der Waals surface area contributed by atoms with Crippen LogP contribution in [0.15, 0.2) is 54.6 Å². The predicted molar refractivity (Wildman–Crippen MR) is 87.5 cm³/mol. The fraction of sp³-hybridized carbons (Fsp3) is 0.167. The van der Waals surface area contributed by atoms with Crippen LogP contribution in [0.3, 0.4) is 0 Å². The summed E-state index contributed by atoms with van der Waals surface area (Å²) in [6, 6.07) is 18.3. The molecule has 0 aliphatic rings. The number of rotatable bonds is 3. The van der Waals surface area contributed by atoms with Crippen LogP contribution in [-0.4, -0.2) is 9.78 Å². The first-order chi connectivity index (χ1) is 10.2. The molecule has 0 radical (unpaired) electrons. The Morgan fingerprint density at radius 1 is 1.00 bits per heavy atom. The van der Waals surface area contributed by atoms with Crippen LogP contribution < -0.4 is 5.73 Å². The van der Waals surface area contributed by atoms with Crippen molar-refractivity contribution in [2.45, 2.75) is 20.3 Å². The van der Waals surface area contributed by atoms with Crippen LogP contribution in [-0.2, 0) is 6.42 Å². The van der Waals surface area contributed by atoms with Gasteiger partial charge in [-0.15, -0.1) is 0 Å². The molecule has 3 heteroatoms. The Morgan fingerprint density at radius 2 is 1.67 bits per heavy atom. The number of benzene rings is 2. The van der Waals surface area contributed by atoms with Gasteiger partial charge in [0.05, 0.1) is 11.4 Å². The molecule has 0 unspecified atom stereocenters. The Labute approximate surface area is 125 Å². The van der Waals surface area contributed by atoms with Gasteiger partial charge in [0.1, 0.15) is 5.82 Å². The van der Waals surface area contributed by atoms with Crippen molar-refractivity contribution in [2.75, 3.05) is 5.73 Å². The number of aromatic nitrogens is 2. The van der Waals surface area contributed by atoms with E-state index in [1.54, 1.807) is 0 Å². The van der Waals surface area contributed by atoms with E-state index >= 15 is 0 Å². The summed E-state index contributed by atoms with van der Waals surface area (Å²) in [7, 11) is 0. The van der Waals surface area contributed by atoms with E-state index in [0.29, 0.717) is 0 Å². The van der Waals surface area contributed by atoms with Gasteiger partial charge in [-0.1, -0.05) is 49.4 Å². The Hall–Kier alpha value is -2.55. The zero-order valence-electron chi connectivity index (χ0n) is 12.4. The highest BCUT2D eigenvalue weighted by molar-refractivity contribution is 5.72. The van der Waals surface area contributed by atoms with E-state index in [2.05, 4.69) is 26.0 Å². The minimum absolute atomic E-state index is 0.724. The molecule has 0 spiro atoms. The summed E-state index contributed by atoms with van der Waals surface area (Å²) in [4.78, 5) is 0. The molecule has 0 saturated heterocycles. The van der Waals surface area contributed by atoms with Crippen LogP contribution in [0.1, 0.15) is 18.1 Å². The third kappa shape index (κ3) is 2.31. The maximum Gasteiger partial charge on any atom is 0.131 e. The van der Waals surface area contributed by atoms with Gasteiger partial charge in [0.15, 0.2) is 0 Å². The van der Waals surface area contributed by atoms with Gasteiger partial charge in [-0.2, -0.15) is 5.10 Å². The van der Waals surface area contributed by atoms with Crippen molar-refractivity contribution in [1.29, 1.82) is 0 Å². The fourth-order valence-electron chi connectivity index (χ4n) is 2.63. The molecule has 0 aliphatic carbocycles. The van der Waals surface area contributed by atoms with Crippen LogP contribution in [0.25, 0.3) is 16.9 Å². The van der Waals surface area contributed by atoms with Crippen LogP contribution >= 0.6 is 0 Å². The molecule has 0 fully saturated rings. The van der Waals surface area contributed by atoms with Crippen LogP contribution in [0.2, 0.25) is 0 Å². The molecule has 0 saturated carbocycles. The molecule has 0 atom stereocenters. The molecular weight excluding hydrogens is 258 g/mol. The molecular formula is C18H19N3. The van der Waals surface area contributed by atoms with E-state index in [1.807, 2.05) is 47.1 Å². The van der Waals surface area contributed by atoms with E-state index in [-0.39, 0.29) is 0 Å². The van der Waals surface area contributed by atoms with E-state index in [4.69, 9.17) is 10.8 Å². The lowest BCUT2D eigenvalue weighted by Crippen LogP contribution is -2.02. The van der Waals surface area contributed by atoms with Crippen molar-refractivity contribution in [3.8, 4) is 16.9 Å². The summed E-state index contributed by atoms with van der Waals surface area (Å²) in [5.74, 6) is 0.724. The van der Waals surface area contributed by atoms with E-state index in [9.17, 15) is 0 Å². The summed E-state index contributed by atoms with van der Waals surface area (Å²) in [5, 5.41) is 4.77. The smallest absolute Gasteiger partial charge is 0.131 e. The summed E-state index contributed by atoms with van der Waals surface area (Å²) >= 11 is 0. The Morgan fingerprint density at radius 3 is 2.33 bits per heavy atom. The Kier molecular flexibility index (Phi) is 3.48. The molecule has 0 amide bonds. The van der Waals surface area contributed by atoms with Crippen molar-refractivity contribution < 1.29 is 0 Å². The topological polar surface area (TPSA) is 43.8 Å². The molecule has 21 heavy (non-hydrogen) atoms. The van der Waals surface area contributed by atoms with E-state index < -0.39 is 0 Å². The molecule has 1 heterocycles. The van der Waals surface area contributed by atoms with E-state index in [1.165, 1.54) is 5.56 Å². The van der Waals surface area contributed by atoms with Crippen LogP contribution in [0, 0.1) is 6.92 Å². The Bertz CT molecular complexity index is 757. The molecule has 3 rings (SSSR count). The van der Waals surface area contributed by atoms with Gasteiger partial charge < -0.3 is 5.73 Å². The number of nitrogens with zero attached hydrogens (tertiary/aromatic N) is 2. The number of anilines is 1. The molecule has 3 nitrogen and oxygen atoms in total. The van der Waals surface area contributed by atoms with Gasteiger partial charge in [-0.05, 0) is 31.0 Å². The Balaban J connectivity index is 2.22. The monoisotopic (exact) mass is 277 g/mol. The van der Waals surface area contributed by atoms with Crippen molar-refractivity contribution >= 4 is 5.82 Å². The first-order valence-corrected chi connectivity index (χ1v) is 7.21. The van der Waals surface area contributed by atoms with Crippen molar-refractivity contribution in [1.82, 2.24) is 9.78 Å². The average molecular weight is 277 g/mol. The largest absolute Gasteiger partial charge is 0.383 e. The number of aryl methyl sites for hydroxylation is 1. The van der Waals surface area contributed by atoms with Crippen molar-refractivity contribution in [2.24, 2.45) is 0 Å². The minimum Gasteiger partial charge on any atom is -0.383 e. The number of hydrogen-bond acceptors (Lipinski definition) is 2. The van der Waals surface area contributed by atoms with Crippen LogP contribution in [0.5, 0.6) is 0 Å². The lowest BCUT2D eigenvalue weighted by Gasteiger charge is -2.04. The molecule has 0 aliphatic heterocycles. The average Bonchev–Trinajstić information content (AvgIpc) is 2.85. The van der Waals surface area contributed by atoms with Gasteiger partial charge in [-0.25, -0.2) is 4.68 Å². The molecule has 1 aromatic heterocycles. The maximum atomic E-state index is 6.33. The first-order valence-electron chi connectivity index (χ1n) is 7.21. The molecule has 106 valence electrons. The molecule has 3 aromatic rings. The second kappa shape index (κ2) is 5.44. The van der Waals surface area contributed by atoms with Gasteiger partial charge in [0, 0.05) is 11.1 Å². The number of hydrogen-bond donors (Lipinski definition) is 1. The standard InChI is InChI=1S/C18H19N3/c1-3-15-17(16-12-8-7-9-13(16)2)20-21(18(15)19)14-10-5-4-6-11-14/h4-12H,3,19H2,1-2H3. The second-order valence-electron chi connectivity index (χ2n) is 5.13.